The molecular formula is C19H28N2O2Si. The van der Waals surface area contributed by atoms with E-state index in [1.165, 1.54) is 11.3 Å². The number of likely N-dealkylation sites (N-methyl/N-ethyl adjacent to an activating group) is 1. The first-order valence-corrected chi connectivity index (χ1v) is 11.3. The Labute approximate surface area is 146 Å². The molecule has 0 aliphatic rings. The number of hydrogen-bond donors (Lipinski definition) is 0. The second-order valence-electron chi connectivity index (χ2n) is 6.32. The average molecular weight is 345 g/mol. The topological polar surface area (TPSA) is 34.6 Å². The summed E-state index contributed by atoms with van der Waals surface area (Å²) in [4.78, 5) is 6.44. The van der Waals surface area contributed by atoms with Crippen LogP contribution in [0.4, 0.5) is 5.69 Å². The van der Waals surface area contributed by atoms with Crippen LogP contribution in [0.1, 0.15) is 18.1 Å². The maximum atomic E-state index is 6.09. The third kappa shape index (κ3) is 6.07. The lowest BCUT2D eigenvalue weighted by Crippen LogP contribution is -2.38. The molecule has 1 aromatic heterocycles. The summed E-state index contributed by atoms with van der Waals surface area (Å²) in [6.07, 6.45) is 3.61. The lowest BCUT2D eigenvalue weighted by molar-refractivity contribution is 0.174. The van der Waals surface area contributed by atoms with E-state index in [2.05, 4.69) is 61.1 Å². The molecule has 1 aromatic carbocycles. The van der Waals surface area contributed by atoms with E-state index in [0.717, 1.165) is 18.7 Å². The molecule has 0 unspecified atom stereocenters. The van der Waals surface area contributed by atoms with Crippen LogP contribution in [0.3, 0.4) is 0 Å². The van der Waals surface area contributed by atoms with Gasteiger partial charge in [-0.15, -0.1) is 0 Å². The summed E-state index contributed by atoms with van der Waals surface area (Å²) in [6, 6.07) is 12.5. The Morgan fingerprint density at radius 3 is 2.62 bits per heavy atom. The van der Waals surface area contributed by atoms with Gasteiger partial charge >= 0.3 is 8.56 Å². The number of pyridine rings is 1. The van der Waals surface area contributed by atoms with E-state index in [1.807, 2.05) is 18.3 Å². The Balaban J connectivity index is 1.80. The van der Waals surface area contributed by atoms with Gasteiger partial charge in [-0.3, -0.25) is 4.98 Å². The minimum Gasteiger partial charge on any atom is -0.393 e. The van der Waals surface area contributed by atoms with Crippen molar-refractivity contribution < 1.29 is 8.85 Å². The van der Waals surface area contributed by atoms with Gasteiger partial charge in [-0.25, -0.2) is 0 Å². The molecule has 2 rings (SSSR count). The fourth-order valence-electron chi connectivity index (χ4n) is 2.48. The van der Waals surface area contributed by atoms with Crippen LogP contribution in [0, 0.1) is 6.92 Å². The maximum absolute atomic E-state index is 6.09. The molecule has 4 nitrogen and oxygen atoms in total. The van der Waals surface area contributed by atoms with Crippen molar-refractivity contribution in [3.05, 3.63) is 59.9 Å². The molecule has 0 aliphatic carbocycles. The molecule has 1 heterocycles. The van der Waals surface area contributed by atoms with Gasteiger partial charge in [0.15, 0.2) is 0 Å². The Kier molecular flexibility index (Phi) is 6.96. The number of rotatable bonds is 9. The highest BCUT2D eigenvalue weighted by Gasteiger charge is 2.24. The predicted octanol–water partition coefficient (Wildman–Crippen LogP) is 4.15. The van der Waals surface area contributed by atoms with Crippen molar-refractivity contribution >= 4 is 14.2 Å². The minimum atomic E-state index is -2.13. The Bertz CT molecular complexity index is 620. The van der Waals surface area contributed by atoms with E-state index in [-0.39, 0.29) is 0 Å². The van der Waals surface area contributed by atoms with E-state index in [0.29, 0.717) is 13.2 Å². The van der Waals surface area contributed by atoms with Crippen molar-refractivity contribution in [1.29, 1.82) is 0 Å². The fourth-order valence-corrected chi connectivity index (χ4v) is 3.66. The molecule has 2 aromatic rings. The number of aromatic nitrogens is 1. The van der Waals surface area contributed by atoms with Gasteiger partial charge in [0.05, 0.1) is 13.2 Å². The number of hydrogen-bond acceptors (Lipinski definition) is 4. The van der Waals surface area contributed by atoms with Crippen molar-refractivity contribution in [2.75, 3.05) is 24.6 Å². The molecule has 0 fully saturated rings. The van der Waals surface area contributed by atoms with Crippen molar-refractivity contribution in [3.63, 3.8) is 0 Å². The Morgan fingerprint density at radius 2 is 1.96 bits per heavy atom. The number of aryl methyl sites for hydroxylation is 1. The van der Waals surface area contributed by atoms with Gasteiger partial charge in [0.25, 0.3) is 0 Å². The van der Waals surface area contributed by atoms with Crippen LogP contribution in [0.2, 0.25) is 13.1 Å². The smallest absolute Gasteiger partial charge is 0.332 e. The van der Waals surface area contributed by atoms with Gasteiger partial charge in [0.1, 0.15) is 0 Å². The van der Waals surface area contributed by atoms with Gasteiger partial charge in [0, 0.05) is 31.2 Å². The summed E-state index contributed by atoms with van der Waals surface area (Å²) in [6.45, 7) is 11.5. The number of nitrogens with zero attached hydrogens (tertiary/aromatic N) is 2. The molecule has 24 heavy (non-hydrogen) atoms. The summed E-state index contributed by atoms with van der Waals surface area (Å²) in [7, 11) is -2.13. The zero-order valence-electron chi connectivity index (χ0n) is 15.2. The SMILES string of the molecule is CCN(CCO[Si](C)(C)OCc1cccnc1)c1cccc(C)c1. The lowest BCUT2D eigenvalue weighted by Gasteiger charge is -2.27. The fraction of sp³-hybridized carbons (Fsp3) is 0.421. The van der Waals surface area contributed by atoms with Gasteiger partial charge < -0.3 is 13.8 Å². The van der Waals surface area contributed by atoms with Crippen molar-refractivity contribution in [1.82, 2.24) is 4.98 Å². The van der Waals surface area contributed by atoms with Crippen LogP contribution in [0.25, 0.3) is 0 Å². The molecular weight excluding hydrogens is 316 g/mol. The lowest BCUT2D eigenvalue weighted by atomic mass is 10.2. The first kappa shape index (κ1) is 18.6. The number of anilines is 1. The molecule has 0 saturated heterocycles. The summed E-state index contributed by atoms with van der Waals surface area (Å²) in [5.74, 6) is 0. The number of benzene rings is 1. The third-order valence-corrected chi connectivity index (χ3v) is 5.61. The summed E-state index contributed by atoms with van der Waals surface area (Å²) >= 11 is 0. The standard InChI is InChI=1S/C19H28N2O2Si/c1-5-21(19-10-6-8-17(2)14-19)12-13-22-24(3,4)23-16-18-9-7-11-20-15-18/h6-11,14-15H,5,12-13,16H2,1-4H3. The predicted molar refractivity (Wildman–Crippen MR) is 102 cm³/mol. The molecule has 0 spiro atoms. The van der Waals surface area contributed by atoms with E-state index in [9.17, 15) is 0 Å². The third-order valence-electron chi connectivity index (χ3n) is 3.87. The molecule has 0 atom stereocenters. The molecule has 5 heteroatoms. The van der Waals surface area contributed by atoms with Gasteiger partial charge in [-0.2, -0.15) is 0 Å². The summed E-state index contributed by atoms with van der Waals surface area (Å²) in [5.41, 5.74) is 3.61. The van der Waals surface area contributed by atoms with Crippen LogP contribution >= 0.6 is 0 Å². The highest BCUT2D eigenvalue weighted by Crippen LogP contribution is 2.16. The highest BCUT2D eigenvalue weighted by atomic mass is 28.4. The van der Waals surface area contributed by atoms with Crippen LogP contribution in [-0.2, 0) is 15.5 Å². The average Bonchev–Trinajstić information content (AvgIpc) is 2.58. The highest BCUT2D eigenvalue weighted by molar-refractivity contribution is 6.64. The maximum Gasteiger partial charge on any atom is 0.332 e. The molecule has 0 aliphatic heterocycles. The largest absolute Gasteiger partial charge is 0.393 e. The Morgan fingerprint density at radius 1 is 1.12 bits per heavy atom. The van der Waals surface area contributed by atoms with Crippen molar-refractivity contribution in [2.45, 2.75) is 33.5 Å². The van der Waals surface area contributed by atoms with E-state index in [4.69, 9.17) is 8.85 Å². The van der Waals surface area contributed by atoms with Gasteiger partial charge in [-0.1, -0.05) is 18.2 Å². The van der Waals surface area contributed by atoms with E-state index < -0.39 is 8.56 Å². The van der Waals surface area contributed by atoms with E-state index in [1.54, 1.807) is 6.20 Å². The van der Waals surface area contributed by atoms with Crippen molar-refractivity contribution in [3.8, 4) is 0 Å². The Hall–Kier alpha value is -1.69. The normalized spacial score (nSPS) is 11.5. The first-order chi connectivity index (χ1) is 11.5. The monoisotopic (exact) mass is 344 g/mol. The van der Waals surface area contributed by atoms with Crippen LogP contribution in [0.5, 0.6) is 0 Å². The van der Waals surface area contributed by atoms with Crippen molar-refractivity contribution in [2.24, 2.45) is 0 Å². The quantitative estimate of drug-likeness (QED) is 0.640. The molecule has 0 amide bonds. The zero-order valence-corrected chi connectivity index (χ0v) is 16.2. The minimum absolute atomic E-state index is 0.558. The molecule has 130 valence electrons. The van der Waals surface area contributed by atoms with Crippen LogP contribution < -0.4 is 4.90 Å². The van der Waals surface area contributed by atoms with Gasteiger partial charge in [0.2, 0.25) is 0 Å². The molecule has 0 N–H and O–H groups in total. The second kappa shape index (κ2) is 8.96. The molecule has 0 bridgehead atoms. The first-order valence-electron chi connectivity index (χ1n) is 8.48. The van der Waals surface area contributed by atoms with Crippen LogP contribution in [-0.4, -0.2) is 33.2 Å². The molecule has 0 radical (unpaired) electrons. The summed E-state index contributed by atoms with van der Waals surface area (Å²) in [5, 5.41) is 0. The zero-order chi connectivity index (χ0) is 17.4. The van der Waals surface area contributed by atoms with Crippen LogP contribution in [0.15, 0.2) is 48.8 Å². The molecule has 0 saturated carbocycles. The van der Waals surface area contributed by atoms with E-state index >= 15 is 0 Å². The summed E-state index contributed by atoms with van der Waals surface area (Å²) < 4.78 is 12.1. The second-order valence-corrected chi connectivity index (χ2v) is 9.69. The van der Waals surface area contributed by atoms with Gasteiger partial charge in [-0.05, 0) is 56.3 Å².